The summed E-state index contributed by atoms with van der Waals surface area (Å²) < 4.78 is 0. The van der Waals surface area contributed by atoms with Gasteiger partial charge in [0.1, 0.15) is 0 Å². The Balaban J connectivity index is 2.23. The van der Waals surface area contributed by atoms with Crippen molar-refractivity contribution in [2.24, 2.45) is 11.7 Å². The highest BCUT2D eigenvalue weighted by Crippen LogP contribution is 2.19. The van der Waals surface area contributed by atoms with Crippen LogP contribution in [0.4, 0.5) is 0 Å². The Morgan fingerprint density at radius 2 is 2.42 bits per heavy atom. The van der Waals surface area contributed by atoms with Gasteiger partial charge in [-0.25, -0.2) is 0 Å². The summed E-state index contributed by atoms with van der Waals surface area (Å²) in [5, 5.41) is 0. The first-order valence-corrected chi connectivity index (χ1v) is 4.85. The molecule has 2 nitrogen and oxygen atoms in total. The second kappa shape index (κ2) is 4.63. The molecule has 0 amide bonds. The topological polar surface area (TPSA) is 29.3 Å². The molecule has 0 aromatic carbocycles. The Kier molecular flexibility index (Phi) is 3.76. The van der Waals surface area contributed by atoms with E-state index >= 15 is 0 Å². The maximum atomic E-state index is 5.49. The maximum absolute atomic E-state index is 5.49. The van der Waals surface area contributed by atoms with Gasteiger partial charge in [0.15, 0.2) is 0 Å². The molecule has 12 heavy (non-hydrogen) atoms. The summed E-state index contributed by atoms with van der Waals surface area (Å²) in [5.74, 6) is 0.913. The van der Waals surface area contributed by atoms with Crippen molar-refractivity contribution in [3.8, 4) is 0 Å². The standard InChI is InChI=1S/C10H20N2/c1-3-10-4-5-12(8-10)7-9(2)6-11/h10H,2-8,11H2,1H3. The Morgan fingerprint density at radius 3 is 2.92 bits per heavy atom. The SMILES string of the molecule is C=C(CN)CN1CCC(CC)C1. The van der Waals surface area contributed by atoms with Crippen molar-refractivity contribution in [3.63, 3.8) is 0 Å². The number of rotatable bonds is 4. The highest BCUT2D eigenvalue weighted by molar-refractivity contribution is 4.99. The zero-order valence-electron chi connectivity index (χ0n) is 8.05. The van der Waals surface area contributed by atoms with Crippen molar-refractivity contribution in [2.75, 3.05) is 26.2 Å². The van der Waals surface area contributed by atoms with Gasteiger partial charge in [-0.05, 0) is 24.5 Å². The molecule has 1 rings (SSSR count). The molecule has 1 aliphatic rings. The largest absolute Gasteiger partial charge is 0.327 e. The molecule has 1 saturated heterocycles. The normalized spacial score (nSPS) is 24.7. The van der Waals surface area contributed by atoms with E-state index in [2.05, 4.69) is 18.4 Å². The molecule has 0 aromatic heterocycles. The maximum Gasteiger partial charge on any atom is 0.0202 e. The van der Waals surface area contributed by atoms with Crippen LogP contribution in [0.15, 0.2) is 12.2 Å². The molecule has 0 spiro atoms. The lowest BCUT2D eigenvalue weighted by Gasteiger charge is -2.16. The van der Waals surface area contributed by atoms with Crippen LogP contribution < -0.4 is 5.73 Å². The average Bonchev–Trinajstić information content (AvgIpc) is 2.52. The van der Waals surface area contributed by atoms with E-state index in [4.69, 9.17) is 5.73 Å². The lowest BCUT2D eigenvalue weighted by Crippen LogP contribution is -2.25. The molecule has 0 aromatic rings. The highest BCUT2D eigenvalue weighted by Gasteiger charge is 2.20. The Bertz CT molecular complexity index is 154. The monoisotopic (exact) mass is 168 g/mol. The number of hydrogen-bond acceptors (Lipinski definition) is 2. The smallest absolute Gasteiger partial charge is 0.0202 e. The summed E-state index contributed by atoms with van der Waals surface area (Å²) in [4.78, 5) is 2.46. The molecule has 0 bridgehead atoms. The number of nitrogens with two attached hydrogens (primary N) is 1. The van der Waals surface area contributed by atoms with E-state index in [1.807, 2.05) is 0 Å². The van der Waals surface area contributed by atoms with Crippen LogP contribution in [0.1, 0.15) is 19.8 Å². The molecule has 0 radical (unpaired) electrons. The number of hydrogen-bond donors (Lipinski definition) is 1. The van der Waals surface area contributed by atoms with Crippen LogP contribution in [0.5, 0.6) is 0 Å². The van der Waals surface area contributed by atoms with Crippen LogP contribution in [0, 0.1) is 5.92 Å². The summed E-state index contributed by atoms with van der Waals surface area (Å²) in [6.07, 6.45) is 2.67. The number of likely N-dealkylation sites (tertiary alicyclic amines) is 1. The lowest BCUT2D eigenvalue weighted by atomic mass is 10.1. The van der Waals surface area contributed by atoms with Gasteiger partial charge in [0.2, 0.25) is 0 Å². The third-order valence-electron chi connectivity index (χ3n) is 2.68. The fourth-order valence-corrected chi connectivity index (χ4v) is 1.77. The first-order chi connectivity index (χ1) is 5.76. The Hall–Kier alpha value is -0.340. The van der Waals surface area contributed by atoms with Crippen molar-refractivity contribution in [3.05, 3.63) is 12.2 Å². The first-order valence-electron chi connectivity index (χ1n) is 4.85. The predicted octanol–water partition coefficient (Wildman–Crippen LogP) is 1.23. The van der Waals surface area contributed by atoms with E-state index in [0.717, 1.165) is 18.0 Å². The quantitative estimate of drug-likeness (QED) is 0.640. The number of nitrogens with zero attached hydrogens (tertiary/aromatic N) is 1. The zero-order chi connectivity index (χ0) is 8.97. The van der Waals surface area contributed by atoms with Crippen molar-refractivity contribution >= 4 is 0 Å². The van der Waals surface area contributed by atoms with Gasteiger partial charge >= 0.3 is 0 Å². The molecule has 0 saturated carbocycles. The van der Waals surface area contributed by atoms with E-state index in [0.29, 0.717) is 6.54 Å². The molecular weight excluding hydrogens is 148 g/mol. The summed E-state index contributed by atoms with van der Waals surface area (Å²) in [6.45, 7) is 10.3. The van der Waals surface area contributed by atoms with Crippen molar-refractivity contribution in [1.82, 2.24) is 4.90 Å². The molecule has 1 aliphatic heterocycles. The second-order valence-corrected chi connectivity index (χ2v) is 3.75. The molecule has 1 unspecified atom stereocenters. The summed E-state index contributed by atoms with van der Waals surface area (Å²) in [6, 6.07) is 0. The van der Waals surface area contributed by atoms with Gasteiger partial charge in [-0.1, -0.05) is 19.9 Å². The summed E-state index contributed by atoms with van der Waals surface area (Å²) >= 11 is 0. The van der Waals surface area contributed by atoms with Gasteiger partial charge < -0.3 is 5.73 Å². The lowest BCUT2D eigenvalue weighted by molar-refractivity contribution is 0.348. The van der Waals surface area contributed by atoms with Crippen LogP contribution in [0.2, 0.25) is 0 Å². The Labute approximate surface area is 75.4 Å². The van der Waals surface area contributed by atoms with Crippen LogP contribution in [-0.2, 0) is 0 Å². The van der Waals surface area contributed by atoms with E-state index in [-0.39, 0.29) is 0 Å². The Morgan fingerprint density at radius 1 is 1.67 bits per heavy atom. The minimum atomic E-state index is 0.632. The second-order valence-electron chi connectivity index (χ2n) is 3.75. The molecular formula is C10H20N2. The van der Waals surface area contributed by atoms with Gasteiger partial charge in [0.05, 0.1) is 0 Å². The van der Waals surface area contributed by atoms with Gasteiger partial charge in [-0.2, -0.15) is 0 Å². The van der Waals surface area contributed by atoms with E-state index in [1.165, 1.54) is 25.9 Å². The fraction of sp³-hybridized carbons (Fsp3) is 0.800. The molecule has 1 atom stereocenters. The third kappa shape index (κ3) is 2.61. The molecule has 70 valence electrons. The molecule has 1 heterocycles. The molecule has 1 fully saturated rings. The highest BCUT2D eigenvalue weighted by atomic mass is 15.1. The molecule has 2 N–H and O–H groups in total. The van der Waals surface area contributed by atoms with E-state index in [9.17, 15) is 0 Å². The van der Waals surface area contributed by atoms with Crippen LogP contribution in [0.3, 0.4) is 0 Å². The van der Waals surface area contributed by atoms with Gasteiger partial charge in [0, 0.05) is 19.6 Å². The van der Waals surface area contributed by atoms with Crippen molar-refractivity contribution in [1.29, 1.82) is 0 Å². The molecule has 0 aliphatic carbocycles. The minimum absolute atomic E-state index is 0.632. The van der Waals surface area contributed by atoms with Crippen LogP contribution in [0.25, 0.3) is 0 Å². The van der Waals surface area contributed by atoms with Gasteiger partial charge in [-0.3, -0.25) is 4.90 Å². The van der Waals surface area contributed by atoms with E-state index in [1.54, 1.807) is 0 Å². The third-order valence-corrected chi connectivity index (χ3v) is 2.68. The van der Waals surface area contributed by atoms with E-state index < -0.39 is 0 Å². The summed E-state index contributed by atoms with van der Waals surface area (Å²) in [7, 11) is 0. The fourth-order valence-electron chi connectivity index (χ4n) is 1.77. The zero-order valence-corrected chi connectivity index (χ0v) is 8.05. The van der Waals surface area contributed by atoms with Crippen molar-refractivity contribution < 1.29 is 0 Å². The van der Waals surface area contributed by atoms with Gasteiger partial charge in [0.25, 0.3) is 0 Å². The van der Waals surface area contributed by atoms with Crippen LogP contribution in [-0.4, -0.2) is 31.1 Å². The first kappa shape index (κ1) is 9.75. The van der Waals surface area contributed by atoms with Crippen LogP contribution >= 0.6 is 0 Å². The van der Waals surface area contributed by atoms with Crippen molar-refractivity contribution in [2.45, 2.75) is 19.8 Å². The predicted molar refractivity (Wildman–Crippen MR) is 53.0 cm³/mol. The minimum Gasteiger partial charge on any atom is -0.327 e. The molecule has 2 heteroatoms. The van der Waals surface area contributed by atoms with Gasteiger partial charge in [-0.15, -0.1) is 0 Å². The summed E-state index contributed by atoms with van der Waals surface area (Å²) in [5.41, 5.74) is 6.65. The average molecular weight is 168 g/mol.